The fourth-order valence-electron chi connectivity index (χ4n) is 0.742. The van der Waals surface area contributed by atoms with Gasteiger partial charge in [0.2, 0.25) is 0 Å². The van der Waals surface area contributed by atoms with E-state index in [1.165, 1.54) is 18.5 Å². The van der Waals surface area contributed by atoms with Crippen molar-refractivity contribution in [3.8, 4) is 0 Å². The summed E-state index contributed by atoms with van der Waals surface area (Å²) in [7, 11) is 1.16. The lowest BCUT2D eigenvalue weighted by atomic mass is 10.5. The number of hydrogen-bond donors (Lipinski definition) is 2. The summed E-state index contributed by atoms with van der Waals surface area (Å²) in [6.45, 7) is 5.11. The first-order valence-electron chi connectivity index (χ1n) is 4.03. The van der Waals surface area contributed by atoms with Crippen LogP contribution in [0.1, 0.15) is 13.3 Å². The van der Waals surface area contributed by atoms with Gasteiger partial charge < -0.3 is 20.6 Å². The molecule has 3 N–H and O–H groups in total. The maximum atomic E-state index is 5.31. The zero-order valence-electron chi connectivity index (χ0n) is 6.82. The highest BCUT2D eigenvalue weighted by Crippen LogP contribution is 1.88. The second-order valence-electron chi connectivity index (χ2n) is 2.25. The van der Waals surface area contributed by atoms with Gasteiger partial charge in [0, 0.05) is 13.1 Å². The summed E-state index contributed by atoms with van der Waals surface area (Å²) >= 11 is 0. The predicted molar refractivity (Wildman–Crippen MR) is 47.6 cm³/mol. The van der Waals surface area contributed by atoms with E-state index in [1.807, 2.05) is 0 Å². The van der Waals surface area contributed by atoms with Crippen molar-refractivity contribution in [2.24, 2.45) is 5.73 Å². The number of nitrogens with one attached hydrogen (secondary N) is 1. The van der Waals surface area contributed by atoms with Crippen molar-refractivity contribution in [1.82, 2.24) is 5.32 Å². The molecule has 0 spiro atoms. The van der Waals surface area contributed by atoms with E-state index in [2.05, 4.69) is 12.2 Å². The van der Waals surface area contributed by atoms with E-state index in [4.69, 9.17) is 5.73 Å². The highest BCUT2D eigenvalue weighted by molar-refractivity contribution is 6.35. The normalized spacial score (nSPS) is 10.2. The Bertz CT molecular complexity index is 51.6. The van der Waals surface area contributed by atoms with Crippen LogP contribution < -0.4 is 11.1 Å². The van der Waals surface area contributed by atoms with Crippen LogP contribution in [0.3, 0.4) is 0 Å². The summed E-state index contributed by atoms with van der Waals surface area (Å²) in [4.78, 5) is 0. The molecule has 0 aliphatic heterocycles. The molecule has 0 amide bonds. The zero-order chi connectivity index (χ0) is 7.66. The van der Waals surface area contributed by atoms with E-state index in [9.17, 15) is 0 Å². The van der Waals surface area contributed by atoms with Gasteiger partial charge >= 0.3 is 0 Å². The summed E-state index contributed by atoms with van der Waals surface area (Å²) in [6, 6.07) is 2.73. The van der Waals surface area contributed by atoms with Gasteiger partial charge in [0.25, 0.3) is 0 Å². The Kier molecular flexibility index (Phi) is 9.26. The predicted octanol–water partition coefficient (Wildman–Crippen LogP) is 0.485. The molecule has 0 unspecified atom stereocenters. The minimum Gasteiger partial charge on any atom is -0.430 e. The van der Waals surface area contributed by atoms with E-state index >= 15 is 0 Å². The molecule has 1 radical (unpaired) electrons. The van der Waals surface area contributed by atoms with Crippen molar-refractivity contribution < 1.29 is 0 Å². The molecule has 0 aliphatic rings. The fourth-order valence-corrected chi connectivity index (χ4v) is 1.52. The molecule has 0 aromatic heterocycles. The maximum absolute atomic E-state index is 5.31. The Balaban J connectivity index is 2.65. The quantitative estimate of drug-likeness (QED) is 0.418. The van der Waals surface area contributed by atoms with Gasteiger partial charge in [0.15, 0.2) is 0 Å². The number of nitrogens with two attached hydrogens (primary N) is 1. The SMILES string of the molecule is CC[Si-]CCCNCCN. The van der Waals surface area contributed by atoms with E-state index in [1.54, 1.807) is 0 Å². The smallest absolute Gasteiger partial charge is 0.00744 e. The third kappa shape index (κ3) is 8.14. The molecular formula is C7H18N2Si-. The van der Waals surface area contributed by atoms with Gasteiger partial charge in [0.05, 0.1) is 0 Å². The highest BCUT2D eigenvalue weighted by atomic mass is 28.2. The van der Waals surface area contributed by atoms with Crippen LogP contribution in [-0.2, 0) is 0 Å². The van der Waals surface area contributed by atoms with Crippen LogP contribution in [0.15, 0.2) is 0 Å². The average molecular weight is 158 g/mol. The summed E-state index contributed by atoms with van der Waals surface area (Å²) in [6.07, 6.45) is 1.31. The Labute approximate surface area is 66.4 Å². The largest absolute Gasteiger partial charge is 0.430 e. The van der Waals surface area contributed by atoms with Crippen LogP contribution in [0.25, 0.3) is 0 Å². The number of rotatable bonds is 7. The second kappa shape index (κ2) is 9.14. The maximum Gasteiger partial charge on any atom is 0.00744 e. The van der Waals surface area contributed by atoms with Gasteiger partial charge in [0.1, 0.15) is 0 Å². The summed E-state index contributed by atoms with van der Waals surface area (Å²) in [5.74, 6) is 0. The van der Waals surface area contributed by atoms with E-state index < -0.39 is 0 Å². The van der Waals surface area contributed by atoms with Crippen molar-refractivity contribution in [2.45, 2.75) is 25.4 Å². The number of hydrogen-bond acceptors (Lipinski definition) is 2. The minimum absolute atomic E-state index is 0.760. The first-order chi connectivity index (χ1) is 4.91. The monoisotopic (exact) mass is 158 g/mol. The third-order valence-electron chi connectivity index (χ3n) is 1.28. The molecule has 3 heteroatoms. The Morgan fingerprint density at radius 2 is 2.20 bits per heavy atom. The summed E-state index contributed by atoms with van der Waals surface area (Å²) in [5, 5.41) is 3.27. The van der Waals surface area contributed by atoms with Crippen molar-refractivity contribution in [3.63, 3.8) is 0 Å². The van der Waals surface area contributed by atoms with Crippen molar-refractivity contribution in [3.05, 3.63) is 0 Å². The molecule has 0 bridgehead atoms. The molecule has 0 aromatic rings. The third-order valence-corrected chi connectivity index (χ3v) is 2.49. The fraction of sp³-hybridized carbons (Fsp3) is 1.00. The van der Waals surface area contributed by atoms with E-state index in [-0.39, 0.29) is 0 Å². The Hall–Kier alpha value is 0.137. The highest BCUT2D eigenvalue weighted by Gasteiger charge is 1.79. The molecule has 0 aromatic carbocycles. The van der Waals surface area contributed by atoms with Gasteiger partial charge in [-0.15, -0.1) is 0 Å². The molecule has 0 atom stereocenters. The van der Waals surface area contributed by atoms with Gasteiger partial charge in [-0.1, -0.05) is 13.3 Å². The molecule has 10 heavy (non-hydrogen) atoms. The lowest BCUT2D eigenvalue weighted by Gasteiger charge is -2.10. The Morgan fingerprint density at radius 3 is 2.80 bits per heavy atom. The van der Waals surface area contributed by atoms with Crippen molar-refractivity contribution in [1.29, 1.82) is 0 Å². The molecule has 0 rings (SSSR count). The van der Waals surface area contributed by atoms with Crippen LogP contribution in [0.4, 0.5) is 0 Å². The van der Waals surface area contributed by atoms with E-state index in [0.29, 0.717) is 0 Å². The molecule has 0 saturated carbocycles. The molecule has 0 aliphatic carbocycles. The minimum atomic E-state index is 0.760. The molecule has 2 nitrogen and oxygen atoms in total. The topological polar surface area (TPSA) is 38.0 Å². The molecule has 0 heterocycles. The van der Waals surface area contributed by atoms with Gasteiger partial charge in [-0.2, -0.15) is 0 Å². The van der Waals surface area contributed by atoms with Crippen LogP contribution >= 0.6 is 0 Å². The van der Waals surface area contributed by atoms with Crippen LogP contribution in [-0.4, -0.2) is 29.2 Å². The molecule has 0 saturated heterocycles. The summed E-state index contributed by atoms with van der Waals surface area (Å²) < 4.78 is 0. The van der Waals surface area contributed by atoms with Gasteiger partial charge in [-0.05, 0) is 6.54 Å². The van der Waals surface area contributed by atoms with Gasteiger partial charge in [-0.3, -0.25) is 0 Å². The van der Waals surface area contributed by atoms with Crippen LogP contribution in [0, 0.1) is 0 Å². The first kappa shape index (κ1) is 10.1. The molecule has 61 valence electrons. The van der Waals surface area contributed by atoms with Gasteiger partial charge in [-0.25, -0.2) is 12.1 Å². The lowest BCUT2D eigenvalue weighted by Crippen LogP contribution is -2.23. The van der Waals surface area contributed by atoms with Crippen molar-refractivity contribution >= 4 is 9.52 Å². The molecule has 0 fully saturated rings. The average Bonchev–Trinajstić information content (AvgIpc) is 1.97. The van der Waals surface area contributed by atoms with Crippen molar-refractivity contribution in [2.75, 3.05) is 19.6 Å². The summed E-state index contributed by atoms with van der Waals surface area (Å²) in [5.41, 5.74) is 5.31. The second-order valence-corrected chi connectivity index (χ2v) is 3.95. The standard InChI is InChI=1S/C7H18N2Si/c1-2-10-7-3-5-9-6-4-8/h9H,2-8H2,1H3/q-1. The Morgan fingerprint density at radius 1 is 1.40 bits per heavy atom. The molecular weight excluding hydrogens is 140 g/mol. The first-order valence-corrected chi connectivity index (χ1v) is 5.44. The van der Waals surface area contributed by atoms with E-state index in [0.717, 1.165) is 29.2 Å². The lowest BCUT2D eigenvalue weighted by molar-refractivity contribution is 0.677. The van der Waals surface area contributed by atoms with Crippen LogP contribution in [0.5, 0.6) is 0 Å². The zero-order valence-corrected chi connectivity index (χ0v) is 7.82. The van der Waals surface area contributed by atoms with Crippen LogP contribution in [0.2, 0.25) is 12.1 Å².